The molecule has 1 saturated heterocycles. The lowest BCUT2D eigenvalue weighted by Gasteiger charge is -2.17. The topological polar surface area (TPSA) is 40.5 Å². The van der Waals surface area contributed by atoms with Gasteiger partial charge in [0, 0.05) is 18.7 Å². The van der Waals surface area contributed by atoms with Gasteiger partial charge in [-0.05, 0) is 37.0 Å². The fourth-order valence-corrected chi connectivity index (χ4v) is 2.77. The van der Waals surface area contributed by atoms with Crippen LogP contribution in [0.5, 0.6) is 0 Å². The van der Waals surface area contributed by atoms with Crippen LogP contribution in [-0.2, 0) is 0 Å². The molecule has 112 valence electrons. The quantitative estimate of drug-likeness (QED) is 0.868. The number of likely N-dealkylation sites (tertiary alicyclic amines) is 1. The van der Waals surface area contributed by atoms with Crippen LogP contribution in [0.2, 0.25) is 0 Å². The van der Waals surface area contributed by atoms with E-state index in [4.69, 9.17) is 5.11 Å². The molecule has 2 rings (SSSR count). The van der Waals surface area contributed by atoms with E-state index in [1.807, 2.05) is 4.90 Å². The number of hydrogen-bond acceptors (Lipinski definition) is 2. The first-order chi connectivity index (χ1) is 10.2. The van der Waals surface area contributed by atoms with Crippen molar-refractivity contribution in [3.05, 3.63) is 35.1 Å². The summed E-state index contributed by atoms with van der Waals surface area (Å²) in [6, 6.07) is 4.00. The molecule has 1 aromatic rings. The first-order valence-corrected chi connectivity index (χ1v) is 7.34. The molecule has 1 amide bonds. The van der Waals surface area contributed by atoms with Crippen LogP contribution < -0.4 is 0 Å². The second-order valence-electron chi connectivity index (χ2n) is 5.34. The maximum atomic E-state index is 13.3. The molecule has 3 nitrogen and oxygen atoms in total. The van der Waals surface area contributed by atoms with Crippen LogP contribution in [-0.4, -0.2) is 35.6 Å². The number of aliphatic hydroxyl groups excluding tert-OH is 1. The van der Waals surface area contributed by atoms with E-state index in [9.17, 15) is 9.18 Å². The standard InChI is InChI=1S/C17H20FNO2/c1-2-4-13-8-9-19(12-13)17(21)16-7-6-15(18)11-14(16)5-3-10-20/h6-7,11,13,20H,2,4,8-10,12H2,1H3. The van der Waals surface area contributed by atoms with E-state index in [0.29, 0.717) is 17.0 Å². The zero-order valence-corrected chi connectivity index (χ0v) is 12.2. The van der Waals surface area contributed by atoms with E-state index in [-0.39, 0.29) is 12.5 Å². The van der Waals surface area contributed by atoms with Gasteiger partial charge in [0.1, 0.15) is 12.4 Å². The van der Waals surface area contributed by atoms with E-state index in [1.165, 1.54) is 18.2 Å². The molecule has 1 atom stereocenters. The third kappa shape index (κ3) is 3.83. The Labute approximate surface area is 124 Å². The van der Waals surface area contributed by atoms with E-state index < -0.39 is 5.82 Å². The van der Waals surface area contributed by atoms with Gasteiger partial charge in [-0.25, -0.2) is 4.39 Å². The van der Waals surface area contributed by atoms with Crippen molar-refractivity contribution in [2.75, 3.05) is 19.7 Å². The van der Waals surface area contributed by atoms with Crippen molar-refractivity contribution in [1.82, 2.24) is 4.90 Å². The molecule has 0 aliphatic carbocycles. The number of benzene rings is 1. The molecular formula is C17H20FNO2. The predicted octanol–water partition coefficient (Wildman–Crippen LogP) is 2.43. The number of halogens is 1. The lowest BCUT2D eigenvalue weighted by Crippen LogP contribution is -2.29. The molecule has 0 saturated carbocycles. The molecule has 1 fully saturated rings. The molecule has 1 aliphatic rings. The van der Waals surface area contributed by atoms with Crippen molar-refractivity contribution in [3.63, 3.8) is 0 Å². The fraction of sp³-hybridized carbons (Fsp3) is 0.471. The van der Waals surface area contributed by atoms with Crippen LogP contribution in [0.15, 0.2) is 18.2 Å². The molecule has 1 N–H and O–H groups in total. The molecule has 4 heteroatoms. The summed E-state index contributed by atoms with van der Waals surface area (Å²) in [4.78, 5) is 14.4. The minimum Gasteiger partial charge on any atom is -0.384 e. The largest absolute Gasteiger partial charge is 0.384 e. The molecule has 0 radical (unpaired) electrons. The van der Waals surface area contributed by atoms with Crippen molar-refractivity contribution in [2.45, 2.75) is 26.2 Å². The highest BCUT2D eigenvalue weighted by Gasteiger charge is 2.27. The first-order valence-electron chi connectivity index (χ1n) is 7.34. The average Bonchev–Trinajstić information content (AvgIpc) is 2.93. The van der Waals surface area contributed by atoms with Crippen LogP contribution in [0.4, 0.5) is 4.39 Å². The number of aliphatic hydroxyl groups is 1. The molecule has 0 aromatic heterocycles. The summed E-state index contributed by atoms with van der Waals surface area (Å²) in [6.45, 7) is 3.34. The van der Waals surface area contributed by atoms with Crippen LogP contribution in [0.25, 0.3) is 0 Å². The molecule has 1 heterocycles. The molecule has 0 spiro atoms. The summed E-state index contributed by atoms with van der Waals surface area (Å²) in [7, 11) is 0. The highest BCUT2D eigenvalue weighted by molar-refractivity contribution is 5.97. The van der Waals surface area contributed by atoms with Gasteiger partial charge in [-0.15, -0.1) is 0 Å². The Hall–Kier alpha value is -1.86. The molecule has 0 bridgehead atoms. The molecule has 1 aromatic carbocycles. The van der Waals surface area contributed by atoms with Gasteiger partial charge in [-0.2, -0.15) is 0 Å². The maximum absolute atomic E-state index is 13.3. The van der Waals surface area contributed by atoms with Gasteiger partial charge in [0.2, 0.25) is 0 Å². The van der Waals surface area contributed by atoms with Crippen molar-refractivity contribution >= 4 is 5.91 Å². The minimum atomic E-state index is -0.431. The SMILES string of the molecule is CCCC1CCN(C(=O)c2ccc(F)cc2C#CCO)C1. The zero-order valence-electron chi connectivity index (χ0n) is 12.2. The smallest absolute Gasteiger partial charge is 0.255 e. The molecule has 21 heavy (non-hydrogen) atoms. The normalized spacial score (nSPS) is 17.5. The Balaban J connectivity index is 2.19. The minimum absolute atomic E-state index is 0.101. The van der Waals surface area contributed by atoms with E-state index in [0.717, 1.165) is 32.4 Å². The Morgan fingerprint density at radius 2 is 2.33 bits per heavy atom. The fourth-order valence-electron chi connectivity index (χ4n) is 2.77. The van der Waals surface area contributed by atoms with Gasteiger partial charge in [0.05, 0.1) is 5.56 Å². The summed E-state index contributed by atoms with van der Waals surface area (Å²) in [6.07, 6.45) is 3.28. The average molecular weight is 289 g/mol. The molecule has 1 aliphatic heterocycles. The lowest BCUT2D eigenvalue weighted by molar-refractivity contribution is 0.0786. The van der Waals surface area contributed by atoms with Gasteiger partial charge >= 0.3 is 0 Å². The van der Waals surface area contributed by atoms with E-state index in [1.54, 1.807) is 0 Å². The van der Waals surface area contributed by atoms with E-state index in [2.05, 4.69) is 18.8 Å². The van der Waals surface area contributed by atoms with Crippen LogP contribution in [0, 0.1) is 23.6 Å². The lowest BCUT2D eigenvalue weighted by atomic mass is 10.0. The van der Waals surface area contributed by atoms with Gasteiger partial charge in [0.15, 0.2) is 0 Å². The number of carbonyl (C=O) groups excluding carboxylic acids is 1. The molecular weight excluding hydrogens is 269 g/mol. The van der Waals surface area contributed by atoms with Crippen LogP contribution in [0.3, 0.4) is 0 Å². The number of nitrogens with zero attached hydrogens (tertiary/aromatic N) is 1. The third-order valence-electron chi connectivity index (χ3n) is 3.78. The highest BCUT2D eigenvalue weighted by Crippen LogP contribution is 2.23. The number of amides is 1. The van der Waals surface area contributed by atoms with Gasteiger partial charge in [-0.1, -0.05) is 25.2 Å². The Kier molecular flexibility index (Phi) is 5.35. The zero-order chi connectivity index (χ0) is 15.2. The summed E-state index contributed by atoms with van der Waals surface area (Å²) in [5, 5.41) is 8.77. The van der Waals surface area contributed by atoms with E-state index >= 15 is 0 Å². The summed E-state index contributed by atoms with van der Waals surface area (Å²) in [5.74, 6) is 5.16. The Morgan fingerprint density at radius 1 is 1.52 bits per heavy atom. The maximum Gasteiger partial charge on any atom is 0.255 e. The molecule has 1 unspecified atom stereocenters. The van der Waals surface area contributed by atoms with Gasteiger partial charge in [0.25, 0.3) is 5.91 Å². The van der Waals surface area contributed by atoms with Crippen LogP contribution in [0.1, 0.15) is 42.1 Å². The highest BCUT2D eigenvalue weighted by atomic mass is 19.1. The van der Waals surface area contributed by atoms with Crippen LogP contribution >= 0.6 is 0 Å². The van der Waals surface area contributed by atoms with Crippen molar-refractivity contribution in [2.24, 2.45) is 5.92 Å². The number of carbonyl (C=O) groups is 1. The summed E-state index contributed by atoms with van der Waals surface area (Å²) >= 11 is 0. The summed E-state index contributed by atoms with van der Waals surface area (Å²) in [5.41, 5.74) is 0.752. The second kappa shape index (κ2) is 7.24. The Morgan fingerprint density at radius 3 is 3.05 bits per heavy atom. The van der Waals surface area contributed by atoms with Crippen molar-refractivity contribution < 1.29 is 14.3 Å². The summed E-state index contributed by atoms with van der Waals surface area (Å²) < 4.78 is 13.3. The van der Waals surface area contributed by atoms with Gasteiger partial charge < -0.3 is 10.0 Å². The monoisotopic (exact) mass is 289 g/mol. The Bertz CT molecular complexity index is 574. The first kappa shape index (κ1) is 15.5. The predicted molar refractivity (Wildman–Crippen MR) is 79.3 cm³/mol. The number of rotatable bonds is 3. The third-order valence-corrected chi connectivity index (χ3v) is 3.78. The van der Waals surface area contributed by atoms with Gasteiger partial charge in [-0.3, -0.25) is 4.79 Å². The number of hydrogen-bond donors (Lipinski definition) is 1. The van der Waals surface area contributed by atoms with Crippen molar-refractivity contribution in [1.29, 1.82) is 0 Å². The second-order valence-corrected chi connectivity index (χ2v) is 5.34. The van der Waals surface area contributed by atoms with Crippen molar-refractivity contribution in [3.8, 4) is 11.8 Å².